The molecule has 3 rings (SSSR count). The third-order valence-corrected chi connectivity index (χ3v) is 4.62. The summed E-state index contributed by atoms with van der Waals surface area (Å²) in [6.45, 7) is 1.82. The number of rotatable bonds is 7. The molecule has 1 aliphatic heterocycles. The first-order valence-electron chi connectivity index (χ1n) is 9.09. The van der Waals surface area contributed by atoms with Crippen LogP contribution in [0.4, 0.5) is 5.69 Å². The van der Waals surface area contributed by atoms with E-state index in [0.29, 0.717) is 25.4 Å². The second-order valence-corrected chi connectivity index (χ2v) is 6.65. The number of carbonyl (C=O) groups excluding carboxylic acids is 2. The lowest BCUT2D eigenvalue weighted by atomic mass is 9.92. The van der Waals surface area contributed by atoms with Crippen molar-refractivity contribution in [1.82, 2.24) is 15.1 Å². The van der Waals surface area contributed by atoms with Crippen LogP contribution >= 0.6 is 0 Å². The quantitative estimate of drug-likeness (QED) is 0.669. The van der Waals surface area contributed by atoms with E-state index in [9.17, 15) is 9.59 Å². The van der Waals surface area contributed by atoms with Gasteiger partial charge in [0.15, 0.2) is 0 Å². The Hall–Kier alpha value is -2.71. The topological polar surface area (TPSA) is 111 Å². The van der Waals surface area contributed by atoms with Gasteiger partial charge in [-0.25, -0.2) is 0 Å². The molecule has 2 amide bonds. The molecule has 0 bridgehead atoms. The summed E-state index contributed by atoms with van der Waals surface area (Å²) in [7, 11) is 0. The summed E-state index contributed by atoms with van der Waals surface area (Å²) in [6.07, 6.45) is 4.98. The molecule has 1 unspecified atom stereocenters. The molecule has 1 fully saturated rings. The van der Waals surface area contributed by atoms with Crippen molar-refractivity contribution in [3.8, 4) is 0 Å². The number of anilines is 1. The first-order valence-corrected chi connectivity index (χ1v) is 9.09. The molecule has 1 aliphatic rings. The van der Waals surface area contributed by atoms with Gasteiger partial charge in [0, 0.05) is 37.8 Å². The molecule has 1 atom stereocenters. The number of amides is 2. The zero-order valence-electron chi connectivity index (χ0n) is 15.1. The van der Waals surface area contributed by atoms with E-state index >= 15 is 0 Å². The summed E-state index contributed by atoms with van der Waals surface area (Å²) in [5.41, 5.74) is 7.65. The maximum Gasteiger partial charge on any atom is 0.246 e. The van der Waals surface area contributed by atoms with Crippen LogP contribution in [0.25, 0.3) is 0 Å². The van der Waals surface area contributed by atoms with Gasteiger partial charge in [-0.05, 0) is 42.5 Å². The third kappa shape index (κ3) is 5.63. The Balaban J connectivity index is 1.49. The van der Waals surface area contributed by atoms with Crippen LogP contribution in [-0.2, 0) is 27.4 Å². The molecular formula is C19H25N5O3. The van der Waals surface area contributed by atoms with Crippen LogP contribution in [0.2, 0.25) is 0 Å². The lowest BCUT2D eigenvalue weighted by Gasteiger charge is -2.26. The number of benzene rings is 1. The minimum absolute atomic E-state index is 0.147. The van der Waals surface area contributed by atoms with Crippen molar-refractivity contribution < 1.29 is 14.3 Å². The molecule has 2 heterocycles. The molecule has 0 radical (unpaired) electrons. The smallest absolute Gasteiger partial charge is 0.246 e. The molecule has 0 spiro atoms. The van der Waals surface area contributed by atoms with Gasteiger partial charge in [-0.1, -0.05) is 12.1 Å². The van der Waals surface area contributed by atoms with Crippen LogP contribution in [0.3, 0.4) is 0 Å². The Morgan fingerprint density at radius 1 is 1.30 bits per heavy atom. The molecule has 144 valence electrons. The van der Waals surface area contributed by atoms with E-state index in [1.165, 1.54) is 0 Å². The predicted octanol–water partition coefficient (Wildman–Crippen LogP) is 0.892. The lowest BCUT2D eigenvalue weighted by Crippen LogP contribution is -2.46. The maximum absolute atomic E-state index is 12.3. The van der Waals surface area contributed by atoms with Crippen LogP contribution in [0, 0.1) is 5.92 Å². The molecule has 8 nitrogen and oxygen atoms in total. The van der Waals surface area contributed by atoms with Crippen molar-refractivity contribution in [3.05, 3.63) is 48.3 Å². The summed E-state index contributed by atoms with van der Waals surface area (Å²) in [5, 5.41) is 9.72. The Bertz CT molecular complexity index is 756. The standard InChI is InChI=1S/C19H25N5O3/c20-18(15-5-9-27-10-6-15)19(26)21-12-14-3-1-4-16(11-14)23-17(25)13-24-8-2-7-22-24/h1-4,7-8,11,15,18H,5-6,9-10,12-13,20H2,(H,21,26)(H,23,25). The second-order valence-electron chi connectivity index (χ2n) is 6.65. The SMILES string of the molecule is NC(C(=O)NCc1cccc(NC(=O)Cn2cccn2)c1)C1CCOCC1. The fraction of sp³-hybridized carbons (Fsp3) is 0.421. The average molecular weight is 371 g/mol. The van der Waals surface area contributed by atoms with Crippen LogP contribution in [0.5, 0.6) is 0 Å². The fourth-order valence-electron chi connectivity index (χ4n) is 3.10. The minimum Gasteiger partial charge on any atom is -0.381 e. The fourth-order valence-corrected chi connectivity index (χ4v) is 3.10. The number of hydrogen-bond donors (Lipinski definition) is 3. The number of carbonyl (C=O) groups is 2. The van der Waals surface area contributed by atoms with Crippen molar-refractivity contribution in [3.63, 3.8) is 0 Å². The van der Waals surface area contributed by atoms with Crippen LogP contribution in [-0.4, -0.2) is 40.9 Å². The van der Waals surface area contributed by atoms with E-state index < -0.39 is 6.04 Å². The van der Waals surface area contributed by atoms with Crippen molar-refractivity contribution in [2.45, 2.75) is 32.0 Å². The van der Waals surface area contributed by atoms with E-state index in [2.05, 4.69) is 15.7 Å². The Kier molecular flexibility index (Phi) is 6.56. The van der Waals surface area contributed by atoms with Gasteiger partial charge >= 0.3 is 0 Å². The first kappa shape index (κ1) is 19.1. The summed E-state index contributed by atoms with van der Waals surface area (Å²) < 4.78 is 6.86. The molecule has 27 heavy (non-hydrogen) atoms. The van der Waals surface area contributed by atoms with Gasteiger partial charge in [0.1, 0.15) is 6.54 Å². The molecule has 4 N–H and O–H groups in total. The van der Waals surface area contributed by atoms with Crippen molar-refractivity contribution >= 4 is 17.5 Å². The summed E-state index contributed by atoms with van der Waals surface area (Å²) in [6, 6.07) is 8.61. The normalized spacial score (nSPS) is 15.9. The van der Waals surface area contributed by atoms with Gasteiger partial charge < -0.3 is 21.1 Å². The van der Waals surface area contributed by atoms with Gasteiger partial charge in [-0.15, -0.1) is 0 Å². The number of nitrogens with zero attached hydrogens (tertiary/aromatic N) is 2. The van der Waals surface area contributed by atoms with Crippen LogP contribution in [0.15, 0.2) is 42.7 Å². The second kappa shape index (κ2) is 9.29. The van der Waals surface area contributed by atoms with E-state index in [-0.39, 0.29) is 24.3 Å². The van der Waals surface area contributed by atoms with E-state index in [1.54, 1.807) is 29.2 Å². The summed E-state index contributed by atoms with van der Waals surface area (Å²) in [4.78, 5) is 24.4. The number of ether oxygens (including phenoxy) is 1. The van der Waals surface area contributed by atoms with Crippen molar-refractivity contribution in [2.75, 3.05) is 18.5 Å². The lowest BCUT2D eigenvalue weighted by molar-refractivity contribution is -0.124. The number of nitrogens with two attached hydrogens (primary N) is 1. The van der Waals surface area contributed by atoms with Gasteiger partial charge in [0.05, 0.1) is 6.04 Å². The van der Waals surface area contributed by atoms with E-state index in [4.69, 9.17) is 10.5 Å². The Labute approximate surface area is 158 Å². The summed E-state index contributed by atoms with van der Waals surface area (Å²) >= 11 is 0. The minimum atomic E-state index is -0.522. The number of aromatic nitrogens is 2. The molecule has 1 aromatic carbocycles. The van der Waals surface area contributed by atoms with Crippen LogP contribution < -0.4 is 16.4 Å². The Morgan fingerprint density at radius 3 is 2.85 bits per heavy atom. The Morgan fingerprint density at radius 2 is 2.11 bits per heavy atom. The number of hydrogen-bond acceptors (Lipinski definition) is 5. The molecule has 2 aromatic rings. The van der Waals surface area contributed by atoms with Gasteiger partial charge in [-0.2, -0.15) is 5.10 Å². The maximum atomic E-state index is 12.3. The molecule has 1 saturated heterocycles. The molecular weight excluding hydrogens is 346 g/mol. The van der Waals surface area contributed by atoms with Gasteiger partial charge in [0.2, 0.25) is 11.8 Å². The van der Waals surface area contributed by atoms with E-state index in [1.807, 2.05) is 18.2 Å². The predicted molar refractivity (Wildman–Crippen MR) is 101 cm³/mol. The molecule has 8 heteroatoms. The zero-order valence-corrected chi connectivity index (χ0v) is 15.1. The largest absolute Gasteiger partial charge is 0.381 e. The molecule has 1 aromatic heterocycles. The highest BCUT2D eigenvalue weighted by Crippen LogP contribution is 2.18. The van der Waals surface area contributed by atoms with Gasteiger partial charge in [-0.3, -0.25) is 14.3 Å². The van der Waals surface area contributed by atoms with Crippen LogP contribution in [0.1, 0.15) is 18.4 Å². The first-order chi connectivity index (χ1) is 13.1. The van der Waals surface area contributed by atoms with Gasteiger partial charge in [0.25, 0.3) is 0 Å². The van der Waals surface area contributed by atoms with Crippen molar-refractivity contribution in [1.29, 1.82) is 0 Å². The highest BCUT2D eigenvalue weighted by molar-refractivity contribution is 5.90. The average Bonchev–Trinajstić information content (AvgIpc) is 3.19. The summed E-state index contributed by atoms with van der Waals surface area (Å²) in [5.74, 6) is -0.164. The van der Waals surface area contributed by atoms with Crippen molar-refractivity contribution in [2.24, 2.45) is 11.7 Å². The third-order valence-electron chi connectivity index (χ3n) is 4.62. The van der Waals surface area contributed by atoms with E-state index in [0.717, 1.165) is 18.4 Å². The number of nitrogens with one attached hydrogen (secondary N) is 2. The monoisotopic (exact) mass is 371 g/mol. The molecule has 0 aliphatic carbocycles. The molecule has 0 saturated carbocycles. The highest BCUT2D eigenvalue weighted by Gasteiger charge is 2.26. The zero-order chi connectivity index (χ0) is 19.1. The highest BCUT2D eigenvalue weighted by atomic mass is 16.5.